The van der Waals surface area contributed by atoms with Crippen LogP contribution in [0.4, 0.5) is 0 Å². The van der Waals surface area contributed by atoms with Gasteiger partial charge in [-0.1, -0.05) is 53.6 Å². The highest BCUT2D eigenvalue weighted by Crippen LogP contribution is 2.27. The molecule has 1 N–H and O–H groups in total. The number of rotatable bonds is 9. The smallest absolute Gasteiger partial charge is 0.322 e. The third-order valence-corrected chi connectivity index (χ3v) is 5.43. The number of ketones is 1. The van der Waals surface area contributed by atoms with Crippen LogP contribution in [0, 0.1) is 19.8 Å². The summed E-state index contributed by atoms with van der Waals surface area (Å²) < 4.78 is 5.69. The number of aromatic nitrogens is 2. The predicted octanol–water partition coefficient (Wildman–Crippen LogP) is 6.57. The number of carboxylic acids is 1. The molecule has 170 valence electrons. The molecule has 0 aliphatic heterocycles. The second-order valence-corrected chi connectivity index (χ2v) is 8.32. The van der Waals surface area contributed by atoms with E-state index in [1.807, 2.05) is 32.0 Å². The highest BCUT2D eigenvalue weighted by molar-refractivity contribution is 6.39. The number of allylic oxidation sites excluding steroid dienone is 1. The van der Waals surface area contributed by atoms with E-state index in [1.54, 1.807) is 42.5 Å². The van der Waals surface area contributed by atoms with Gasteiger partial charge < -0.3 is 9.84 Å². The zero-order valence-corrected chi connectivity index (χ0v) is 19.6. The van der Waals surface area contributed by atoms with E-state index in [1.165, 1.54) is 0 Å². The van der Waals surface area contributed by atoms with Gasteiger partial charge in [0, 0.05) is 17.8 Å². The number of halogens is 2. The minimum atomic E-state index is -1.06. The minimum absolute atomic E-state index is 0.152. The molecule has 0 fully saturated rings. The van der Waals surface area contributed by atoms with Crippen LogP contribution < -0.4 is 4.74 Å². The fourth-order valence-electron chi connectivity index (χ4n) is 3.22. The average Bonchev–Trinajstić information content (AvgIpc) is 2.73. The molecule has 0 amide bonds. The molecular formula is C25H22Cl2N2O4. The Morgan fingerprint density at radius 2 is 1.64 bits per heavy atom. The fourth-order valence-corrected chi connectivity index (χ4v) is 3.83. The Hall–Kier alpha value is -3.22. The maximum Gasteiger partial charge on any atom is 0.322 e. The number of hydrogen-bond acceptors (Lipinski definition) is 5. The number of carboxylic acid groups (broad SMARTS) is 1. The highest BCUT2D eigenvalue weighted by atomic mass is 35.5. The summed E-state index contributed by atoms with van der Waals surface area (Å²) in [5, 5.41) is 9.96. The van der Waals surface area contributed by atoms with Crippen LogP contribution in [0.3, 0.4) is 0 Å². The van der Waals surface area contributed by atoms with Crippen molar-refractivity contribution < 1.29 is 19.4 Å². The first-order chi connectivity index (χ1) is 15.7. The van der Waals surface area contributed by atoms with Crippen molar-refractivity contribution in [3.8, 4) is 11.8 Å². The van der Waals surface area contributed by atoms with Crippen LogP contribution in [0.25, 0.3) is 6.08 Å². The summed E-state index contributed by atoms with van der Waals surface area (Å²) in [4.78, 5) is 32.7. The molecule has 0 aliphatic carbocycles. The summed E-state index contributed by atoms with van der Waals surface area (Å²) in [6.07, 6.45) is 3.49. The Balaban J connectivity index is 1.62. The molecule has 0 radical (unpaired) electrons. The molecule has 8 heteroatoms. The number of nitrogens with zero attached hydrogens (tertiary/aromatic N) is 2. The minimum Gasteiger partial charge on any atom is -0.481 e. The molecule has 0 saturated heterocycles. The molecular weight excluding hydrogens is 463 g/mol. The van der Waals surface area contributed by atoms with E-state index >= 15 is 0 Å². The molecule has 1 unspecified atom stereocenters. The standard InChI is InChI=1S/C25H22Cl2N2O4/c1-15-13-16(2)29-25(28-15)33-19-11-9-17(10-12-19)5-3-6-18(24(31)32)14-22(30)23-20(26)7-4-8-21(23)27/h3-5,7-13,18H,6,14H2,1-2H3,(H,31,32)/b5-3+. The molecule has 1 atom stereocenters. The Morgan fingerprint density at radius 1 is 1.03 bits per heavy atom. The van der Waals surface area contributed by atoms with E-state index in [2.05, 4.69) is 9.97 Å². The first kappa shape index (κ1) is 24.4. The lowest BCUT2D eigenvalue weighted by molar-refractivity contribution is -0.141. The number of aryl methyl sites for hydroxylation is 2. The van der Waals surface area contributed by atoms with E-state index in [9.17, 15) is 14.7 Å². The van der Waals surface area contributed by atoms with Crippen molar-refractivity contribution in [3.63, 3.8) is 0 Å². The summed E-state index contributed by atoms with van der Waals surface area (Å²) in [6.45, 7) is 3.74. The maximum atomic E-state index is 12.6. The topological polar surface area (TPSA) is 89.4 Å². The molecule has 0 bridgehead atoms. The van der Waals surface area contributed by atoms with Crippen LogP contribution >= 0.6 is 23.2 Å². The van der Waals surface area contributed by atoms with Crippen molar-refractivity contribution >= 4 is 41.0 Å². The summed E-state index contributed by atoms with van der Waals surface area (Å²) in [5.41, 5.74) is 2.65. The van der Waals surface area contributed by atoms with Crippen molar-refractivity contribution in [2.24, 2.45) is 5.92 Å². The SMILES string of the molecule is Cc1cc(C)nc(Oc2ccc(/C=C/CC(CC(=O)c3c(Cl)cccc3Cl)C(=O)O)cc2)n1. The van der Waals surface area contributed by atoms with Crippen LogP contribution in [-0.4, -0.2) is 26.8 Å². The van der Waals surface area contributed by atoms with Gasteiger partial charge in [-0.05, 0) is 56.2 Å². The number of benzene rings is 2. The van der Waals surface area contributed by atoms with Gasteiger partial charge in [0.1, 0.15) is 5.75 Å². The van der Waals surface area contributed by atoms with Gasteiger partial charge in [0.2, 0.25) is 0 Å². The molecule has 33 heavy (non-hydrogen) atoms. The van der Waals surface area contributed by atoms with Gasteiger partial charge in [0.15, 0.2) is 5.78 Å². The van der Waals surface area contributed by atoms with E-state index < -0.39 is 17.7 Å². The lowest BCUT2D eigenvalue weighted by Crippen LogP contribution is -2.18. The first-order valence-electron chi connectivity index (χ1n) is 10.2. The largest absolute Gasteiger partial charge is 0.481 e. The molecule has 3 aromatic rings. The summed E-state index contributed by atoms with van der Waals surface area (Å²) in [6, 6.07) is 14.1. The van der Waals surface area contributed by atoms with Crippen LogP contribution in [0.5, 0.6) is 11.8 Å². The van der Waals surface area contributed by atoms with E-state index in [-0.39, 0.29) is 34.5 Å². The van der Waals surface area contributed by atoms with Crippen LogP contribution in [-0.2, 0) is 4.79 Å². The Labute approximate surface area is 201 Å². The van der Waals surface area contributed by atoms with Crippen molar-refractivity contribution in [1.82, 2.24) is 9.97 Å². The fraction of sp³-hybridized carbons (Fsp3) is 0.200. The normalized spacial score (nSPS) is 12.0. The molecule has 1 heterocycles. The van der Waals surface area contributed by atoms with Crippen molar-refractivity contribution in [1.29, 1.82) is 0 Å². The number of carbonyl (C=O) groups excluding carboxylic acids is 1. The van der Waals surface area contributed by atoms with Crippen molar-refractivity contribution in [3.05, 3.63) is 87.2 Å². The van der Waals surface area contributed by atoms with E-state index in [0.29, 0.717) is 5.75 Å². The van der Waals surface area contributed by atoms with E-state index in [0.717, 1.165) is 17.0 Å². The van der Waals surface area contributed by atoms with Gasteiger partial charge >= 0.3 is 12.0 Å². The molecule has 0 spiro atoms. The Bertz CT molecular complexity index is 1150. The molecule has 6 nitrogen and oxygen atoms in total. The van der Waals surface area contributed by atoms with Gasteiger partial charge in [-0.15, -0.1) is 0 Å². The van der Waals surface area contributed by atoms with Crippen molar-refractivity contribution in [2.45, 2.75) is 26.7 Å². The molecule has 0 aliphatic rings. The summed E-state index contributed by atoms with van der Waals surface area (Å²) in [7, 11) is 0. The molecule has 3 rings (SSSR count). The second-order valence-electron chi connectivity index (χ2n) is 7.50. The lowest BCUT2D eigenvalue weighted by atomic mass is 9.95. The Kier molecular flexibility index (Phi) is 8.20. The number of ether oxygens (including phenoxy) is 1. The quantitative estimate of drug-likeness (QED) is 0.345. The van der Waals surface area contributed by atoms with Gasteiger partial charge in [0.05, 0.1) is 21.5 Å². The van der Waals surface area contributed by atoms with Gasteiger partial charge in [-0.3, -0.25) is 9.59 Å². The average molecular weight is 485 g/mol. The van der Waals surface area contributed by atoms with Crippen LogP contribution in [0.15, 0.2) is 54.6 Å². The number of Topliss-reactive ketones (excluding diaryl/α,β-unsaturated/α-hetero) is 1. The highest BCUT2D eigenvalue weighted by Gasteiger charge is 2.23. The third kappa shape index (κ3) is 6.88. The number of carbonyl (C=O) groups is 2. The molecule has 2 aromatic carbocycles. The maximum absolute atomic E-state index is 12.6. The summed E-state index contributed by atoms with van der Waals surface area (Å²) in [5.74, 6) is -1.77. The number of aliphatic carboxylic acids is 1. The monoisotopic (exact) mass is 484 g/mol. The van der Waals surface area contributed by atoms with E-state index in [4.69, 9.17) is 27.9 Å². The molecule has 1 aromatic heterocycles. The van der Waals surface area contributed by atoms with Crippen molar-refractivity contribution in [2.75, 3.05) is 0 Å². The van der Waals surface area contributed by atoms with Crippen LogP contribution in [0.2, 0.25) is 10.0 Å². The predicted molar refractivity (Wildman–Crippen MR) is 128 cm³/mol. The van der Waals surface area contributed by atoms with Crippen LogP contribution in [0.1, 0.15) is 40.2 Å². The Morgan fingerprint density at radius 3 is 2.21 bits per heavy atom. The van der Waals surface area contributed by atoms with Gasteiger partial charge in [-0.2, -0.15) is 0 Å². The zero-order valence-electron chi connectivity index (χ0n) is 18.1. The molecule has 0 saturated carbocycles. The van der Waals surface area contributed by atoms with Gasteiger partial charge in [-0.25, -0.2) is 9.97 Å². The second kappa shape index (κ2) is 11.1. The lowest BCUT2D eigenvalue weighted by Gasteiger charge is -2.11. The first-order valence-corrected chi connectivity index (χ1v) is 11.0. The summed E-state index contributed by atoms with van der Waals surface area (Å²) >= 11 is 12.1. The van der Waals surface area contributed by atoms with Gasteiger partial charge in [0.25, 0.3) is 0 Å². The zero-order chi connectivity index (χ0) is 24.0. The number of hydrogen-bond donors (Lipinski definition) is 1. The third-order valence-electron chi connectivity index (χ3n) is 4.80.